The normalized spacial score (nSPS) is 17.9. The number of phenolic OH excluding ortho intramolecular Hbond substituents is 1. The van der Waals surface area contributed by atoms with Crippen LogP contribution in [0.5, 0.6) is 5.75 Å². The van der Waals surface area contributed by atoms with E-state index in [1.807, 2.05) is 22.9 Å². The van der Waals surface area contributed by atoms with Crippen LogP contribution in [0.2, 0.25) is 0 Å². The standard InChI is InChI=1S/C21H24N8OS.ClH/c1-20(2)9-13(10-21(3,4)27-20)29-18-16(25-28-29)8-15(24-26-18)14-6-5-12(7-17(14)30)19-22-11-23-31-19;/h5-8,11,13,27,30H,9-10H2,1-4H3;1H. The first kappa shape index (κ1) is 22.5. The summed E-state index contributed by atoms with van der Waals surface area (Å²) in [6, 6.07) is 7.36. The molecular weight excluding hydrogens is 448 g/mol. The zero-order chi connectivity index (χ0) is 21.8. The van der Waals surface area contributed by atoms with Gasteiger partial charge in [-0.15, -0.1) is 27.7 Å². The molecule has 0 amide bonds. The van der Waals surface area contributed by atoms with Crippen molar-refractivity contribution in [3.63, 3.8) is 0 Å². The molecule has 9 nitrogen and oxygen atoms in total. The zero-order valence-electron chi connectivity index (χ0n) is 18.3. The quantitative estimate of drug-likeness (QED) is 0.459. The summed E-state index contributed by atoms with van der Waals surface area (Å²) in [7, 11) is 0. The lowest BCUT2D eigenvalue weighted by atomic mass is 9.80. The van der Waals surface area contributed by atoms with Gasteiger partial charge in [-0.25, -0.2) is 9.67 Å². The predicted octanol–water partition coefficient (Wildman–Crippen LogP) is 4.02. The van der Waals surface area contributed by atoms with E-state index >= 15 is 0 Å². The molecule has 2 N–H and O–H groups in total. The van der Waals surface area contributed by atoms with Crippen LogP contribution in [0.3, 0.4) is 0 Å². The van der Waals surface area contributed by atoms with Crippen LogP contribution in [-0.4, -0.2) is 50.7 Å². The minimum absolute atomic E-state index is 0. The molecule has 5 rings (SSSR count). The number of aromatic hydroxyl groups is 1. The van der Waals surface area contributed by atoms with E-state index in [0.29, 0.717) is 22.4 Å². The number of fused-ring (bicyclic) bond motifs is 1. The second-order valence-electron chi connectivity index (χ2n) is 9.41. The maximum Gasteiger partial charge on any atom is 0.201 e. The van der Waals surface area contributed by atoms with Crippen LogP contribution in [0, 0.1) is 0 Å². The van der Waals surface area contributed by atoms with Crippen LogP contribution in [0.4, 0.5) is 0 Å². The number of hydrogen-bond donors (Lipinski definition) is 2. The SMILES string of the molecule is CC1(C)CC(n2nnc3cc(-c4ccc(-c5ncns5)cc4O)nnc32)CC(C)(C)N1.Cl. The van der Waals surface area contributed by atoms with E-state index in [1.165, 1.54) is 17.9 Å². The van der Waals surface area contributed by atoms with Crippen molar-refractivity contribution < 1.29 is 5.11 Å². The Morgan fingerprint density at radius 2 is 1.81 bits per heavy atom. The Kier molecular flexibility index (Phi) is 5.64. The average molecular weight is 473 g/mol. The van der Waals surface area contributed by atoms with Crippen molar-refractivity contribution in [2.45, 2.75) is 57.7 Å². The molecule has 32 heavy (non-hydrogen) atoms. The third kappa shape index (κ3) is 4.17. The number of hydrogen-bond acceptors (Lipinski definition) is 9. The number of nitrogens with zero attached hydrogens (tertiary/aromatic N) is 7. The molecule has 0 spiro atoms. The van der Waals surface area contributed by atoms with Gasteiger partial charge >= 0.3 is 0 Å². The van der Waals surface area contributed by atoms with Gasteiger partial charge in [0.05, 0.1) is 11.7 Å². The Morgan fingerprint density at radius 3 is 2.47 bits per heavy atom. The fourth-order valence-corrected chi connectivity index (χ4v) is 5.27. The Labute approximate surface area is 195 Å². The number of phenols is 1. The lowest BCUT2D eigenvalue weighted by Gasteiger charge is -2.46. The van der Waals surface area contributed by atoms with Gasteiger partial charge in [0.25, 0.3) is 0 Å². The van der Waals surface area contributed by atoms with Crippen molar-refractivity contribution in [2.75, 3.05) is 0 Å². The number of aromatic nitrogens is 7. The molecule has 11 heteroatoms. The molecule has 1 aliphatic heterocycles. The van der Waals surface area contributed by atoms with Crippen LogP contribution in [0.15, 0.2) is 30.6 Å². The highest BCUT2D eigenvalue weighted by Gasteiger charge is 2.39. The predicted molar refractivity (Wildman–Crippen MR) is 126 cm³/mol. The fraction of sp³-hybridized carbons (Fsp3) is 0.429. The van der Waals surface area contributed by atoms with Crippen molar-refractivity contribution in [1.29, 1.82) is 0 Å². The van der Waals surface area contributed by atoms with Gasteiger partial charge in [0.15, 0.2) is 0 Å². The maximum absolute atomic E-state index is 10.6. The van der Waals surface area contributed by atoms with E-state index < -0.39 is 0 Å². The first-order valence-electron chi connectivity index (χ1n) is 10.2. The molecule has 0 saturated carbocycles. The van der Waals surface area contributed by atoms with E-state index in [1.54, 1.807) is 6.07 Å². The summed E-state index contributed by atoms with van der Waals surface area (Å²) >= 11 is 1.28. The van der Waals surface area contributed by atoms with Crippen LogP contribution >= 0.6 is 23.9 Å². The Balaban J connectivity index is 0.00000245. The monoisotopic (exact) mass is 472 g/mol. The molecule has 4 aromatic rings. The number of nitrogens with one attached hydrogen (secondary N) is 1. The molecule has 1 aromatic carbocycles. The first-order chi connectivity index (χ1) is 14.7. The number of piperidine rings is 1. The molecule has 3 aromatic heterocycles. The van der Waals surface area contributed by atoms with Gasteiger partial charge < -0.3 is 10.4 Å². The van der Waals surface area contributed by atoms with Gasteiger partial charge in [0.2, 0.25) is 5.65 Å². The summed E-state index contributed by atoms with van der Waals surface area (Å²) in [5, 5.41) is 32.6. The lowest BCUT2D eigenvalue weighted by Crippen LogP contribution is -2.58. The molecule has 0 radical (unpaired) electrons. The van der Waals surface area contributed by atoms with Crippen molar-refractivity contribution >= 4 is 35.1 Å². The summed E-state index contributed by atoms with van der Waals surface area (Å²) < 4.78 is 5.90. The van der Waals surface area contributed by atoms with Crippen LogP contribution in [0.25, 0.3) is 33.0 Å². The average Bonchev–Trinajstić information content (AvgIpc) is 3.35. The van der Waals surface area contributed by atoms with Crippen LogP contribution in [0.1, 0.15) is 46.6 Å². The molecule has 0 unspecified atom stereocenters. The van der Waals surface area contributed by atoms with Gasteiger partial charge in [0, 0.05) is 22.2 Å². The van der Waals surface area contributed by atoms with Crippen LogP contribution in [-0.2, 0) is 0 Å². The molecule has 0 aliphatic carbocycles. The highest BCUT2D eigenvalue weighted by atomic mass is 35.5. The van der Waals surface area contributed by atoms with Crippen LogP contribution < -0.4 is 5.32 Å². The molecule has 168 valence electrons. The second kappa shape index (κ2) is 8.02. The molecule has 1 aliphatic rings. The molecule has 4 heterocycles. The molecule has 1 fully saturated rings. The number of benzene rings is 1. The topological polar surface area (TPSA) is 115 Å². The van der Waals surface area contributed by atoms with E-state index in [2.05, 4.69) is 62.9 Å². The van der Waals surface area contributed by atoms with E-state index in [-0.39, 0.29) is 35.3 Å². The number of rotatable bonds is 3. The fourth-order valence-electron chi connectivity index (χ4n) is 4.75. The van der Waals surface area contributed by atoms with Crippen molar-refractivity contribution in [3.8, 4) is 27.6 Å². The maximum atomic E-state index is 10.6. The summed E-state index contributed by atoms with van der Waals surface area (Å²) in [5.41, 5.74) is 3.23. The van der Waals surface area contributed by atoms with Crippen molar-refractivity contribution in [1.82, 2.24) is 39.9 Å². The zero-order valence-corrected chi connectivity index (χ0v) is 19.9. The van der Waals surface area contributed by atoms with Gasteiger partial charge in [-0.2, -0.15) is 4.37 Å². The highest BCUT2D eigenvalue weighted by molar-refractivity contribution is 7.09. The smallest absolute Gasteiger partial charge is 0.201 e. The summed E-state index contributed by atoms with van der Waals surface area (Å²) in [6.07, 6.45) is 3.34. The molecule has 0 atom stereocenters. The molecular formula is C21H25ClN8OS. The second-order valence-corrected chi connectivity index (χ2v) is 10.2. The largest absolute Gasteiger partial charge is 0.507 e. The molecule has 1 saturated heterocycles. The minimum atomic E-state index is -0.0153. The van der Waals surface area contributed by atoms with Gasteiger partial charge in [-0.1, -0.05) is 11.3 Å². The van der Waals surface area contributed by atoms with Crippen molar-refractivity contribution in [2.24, 2.45) is 0 Å². The van der Waals surface area contributed by atoms with E-state index in [4.69, 9.17) is 0 Å². The Morgan fingerprint density at radius 1 is 1.06 bits per heavy atom. The number of halogens is 1. The van der Waals surface area contributed by atoms with Gasteiger partial charge in [-0.3, -0.25) is 0 Å². The Bertz CT molecular complexity index is 1240. The summed E-state index contributed by atoms with van der Waals surface area (Å²) in [6.45, 7) is 8.83. The highest BCUT2D eigenvalue weighted by Crippen LogP contribution is 2.37. The van der Waals surface area contributed by atoms with E-state index in [0.717, 1.165) is 23.4 Å². The third-order valence-corrected chi connectivity index (χ3v) is 6.33. The van der Waals surface area contributed by atoms with Gasteiger partial charge in [-0.05, 0) is 70.3 Å². The van der Waals surface area contributed by atoms with E-state index in [9.17, 15) is 5.11 Å². The summed E-state index contributed by atoms with van der Waals surface area (Å²) in [5.74, 6) is 0.107. The lowest BCUT2D eigenvalue weighted by molar-refractivity contribution is 0.127. The summed E-state index contributed by atoms with van der Waals surface area (Å²) in [4.78, 5) is 4.18. The molecule has 0 bridgehead atoms. The minimum Gasteiger partial charge on any atom is -0.507 e. The first-order valence-corrected chi connectivity index (χ1v) is 11.0. The Hall–Kier alpha value is -2.69. The third-order valence-electron chi connectivity index (χ3n) is 5.62. The van der Waals surface area contributed by atoms with Crippen molar-refractivity contribution in [3.05, 3.63) is 30.6 Å². The van der Waals surface area contributed by atoms with Gasteiger partial charge in [0.1, 0.15) is 22.6 Å².